The van der Waals surface area contributed by atoms with Crippen molar-refractivity contribution in [2.75, 3.05) is 24.5 Å². The summed E-state index contributed by atoms with van der Waals surface area (Å²) < 4.78 is 51.8. The monoisotopic (exact) mass is 569 g/mol. The molecule has 41 heavy (non-hydrogen) atoms. The summed E-state index contributed by atoms with van der Waals surface area (Å²) in [5, 5.41) is 11.8. The number of carbonyl (C=O) groups excluding carboxylic acids is 2. The maximum atomic E-state index is 13.2. The number of hydrogen-bond donors (Lipinski definition) is 1. The van der Waals surface area contributed by atoms with Gasteiger partial charge in [-0.3, -0.25) is 9.59 Å². The molecule has 1 saturated carbocycles. The lowest BCUT2D eigenvalue weighted by Gasteiger charge is -2.24. The number of alkyl halides is 3. The van der Waals surface area contributed by atoms with Gasteiger partial charge in [0.25, 0.3) is 0 Å². The molecule has 0 radical (unpaired) electrons. The van der Waals surface area contributed by atoms with Gasteiger partial charge in [0.2, 0.25) is 17.7 Å². The molecule has 3 aliphatic rings. The number of amides is 2. The highest BCUT2D eigenvalue weighted by Crippen LogP contribution is 2.38. The summed E-state index contributed by atoms with van der Waals surface area (Å²) in [6, 6.07) is 11.0. The average Bonchev–Trinajstić information content (AvgIpc) is 3.52. The first-order valence-electron chi connectivity index (χ1n) is 13.9. The third-order valence-corrected chi connectivity index (χ3v) is 7.69. The predicted octanol–water partition coefficient (Wildman–Crippen LogP) is 5.18. The summed E-state index contributed by atoms with van der Waals surface area (Å²) in [6.45, 7) is 2.80. The zero-order chi connectivity index (χ0) is 28.6. The van der Waals surface area contributed by atoms with Gasteiger partial charge in [0, 0.05) is 48.3 Å². The number of piperidine rings is 1. The van der Waals surface area contributed by atoms with Gasteiger partial charge in [0.05, 0.1) is 0 Å². The zero-order valence-electron chi connectivity index (χ0n) is 22.3. The third kappa shape index (κ3) is 6.07. The number of nitrogens with zero attached hydrogens (tertiary/aromatic N) is 4. The Kier molecular flexibility index (Phi) is 7.41. The fourth-order valence-electron chi connectivity index (χ4n) is 5.34. The standard InChI is InChI=1S/C29H30F3N5O4/c30-29(31,32)28(39)37(21-5-6-21)22-7-9-23(10-8-22)40-24-16-19(3-4-20(24)17-36-15-1-2-25(36)38)27-35-34-26(41-27)18-11-13-33-14-12-18/h3-4,7-10,16,18,21,33H,1-2,5-6,11-15,17H2. The Morgan fingerprint density at radius 3 is 2.49 bits per heavy atom. The van der Waals surface area contributed by atoms with E-state index in [0.29, 0.717) is 61.2 Å². The van der Waals surface area contributed by atoms with Gasteiger partial charge in [-0.05, 0) is 81.6 Å². The van der Waals surface area contributed by atoms with Crippen molar-refractivity contribution < 1.29 is 31.9 Å². The normalized spacial score (nSPS) is 18.1. The lowest BCUT2D eigenvalue weighted by atomic mass is 9.98. The molecule has 2 aliphatic heterocycles. The van der Waals surface area contributed by atoms with E-state index in [0.717, 1.165) is 42.8 Å². The Labute approximate surface area is 234 Å². The van der Waals surface area contributed by atoms with E-state index in [2.05, 4.69) is 15.5 Å². The highest BCUT2D eigenvalue weighted by Gasteiger charge is 2.47. The number of carbonyl (C=O) groups is 2. The minimum Gasteiger partial charge on any atom is -0.457 e. The van der Waals surface area contributed by atoms with E-state index in [-0.39, 0.29) is 17.5 Å². The molecule has 0 bridgehead atoms. The Hall–Kier alpha value is -3.93. The number of halogens is 3. The predicted molar refractivity (Wildman–Crippen MR) is 142 cm³/mol. The topological polar surface area (TPSA) is 101 Å². The molecule has 3 aromatic rings. The van der Waals surface area contributed by atoms with Crippen molar-refractivity contribution in [3.8, 4) is 23.0 Å². The molecule has 0 spiro atoms. The van der Waals surface area contributed by atoms with Crippen molar-refractivity contribution in [1.82, 2.24) is 20.4 Å². The summed E-state index contributed by atoms with van der Waals surface area (Å²) in [4.78, 5) is 26.9. The molecule has 12 heteroatoms. The molecule has 2 amide bonds. The van der Waals surface area contributed by atoms with E-state index < -0.39 is 18.1 Å². The highest BCUT2D eigenvalue weighted by atomic mass is 19.4. The summed E-state index contributed by atoms with van der Waals surface area (Å²) in [5.74, 6) is 0.183. The van der Waals surface area contributed by atoms with Crippen LogP contribution in [0.1, 0.15) is 55.9 Å². The number of ether oxygens (including phenoxy) is 1. The Bertz CT molecular complexity index is 1410. The molecule has 0 unspecified atom stereocenters. The van der Waals surface area contributed by atoms with Crippen LogP contribution in [0.3, 0.4) is 0 Å². The van der Waals surface area contributed by atoms with Crippen LogP contribution in [-0.4, -0.2) is 58.8 Å². The number of aromatic nitrogens is 2. The van der Waals surface area contributed by atoms with Crippen LogP contribution in [0.15, 0.2) is 46.9 Å². The molecular formula is C29H30F3N5O4. The third-order valence-electron chi connectivity index (χ3n) is 7.69. The Morgan fingerprint density at radius 1 is 1.07 bits per heavy atom. The first-order chi connectivity index (χ1) is 19.8. The first-order valence-corrected chi connectivity index (χ1v) is 13.9. The molecule has 1 N–H and O–H groups in total. The van der Waals surface area contributed by atoms with Crippen LogP contribution in [0.5, 0.6) is 11.5 Å². The van der Waals surface area contributed by atoms with Crippen molar-refractivity contribution in [2.45, 2.75) is 63.2 Å². The van der Waals surface area contributed by atoms with Crippen LogP contribution in [0.2, 0.25) is 0 Å². The molecule has 1 aliphatic carbocycles. The minimum absolute atomic E-state index is 0.0717. The maximum Gasteiger partial charge on any atom is 0.471 e. The molecule has 216 valence electrons. The Morgan fingerprint density at radius 2 is 1.83 bits per heavy atom. The number of anilines is 1. The SMILES string of the molecule is O=C1CCCN1Cc1ccc(-c2nnc(C3CCNCC3)o2)cc1Oc1ccc(N(C(=O)C(F)(F)F)C2CC2)cc1. The molecule has 6 rings (SSSR count). The van der Waals surface area contributed by atoms with Crippen LogP contribution in [-0.2, 0) is 16.1 Å². The molecule has 3 heterocycles. The molecule has 2 saturated heterocycles. The van der Waals surface area contributed by atoms with Crippen molar-refractivity contribution in [1.29, 1.82) is 0 Å². The van der Waals surface area contributed by atoms with Gasteiger partial charge >= 0.3 is 12.1 Å². The van der Waals surface area contributed by atoms with Crippen molar-refractivity contribution in [3.05, 3.63) is 53.9 Å². The van der Waals surface area contributed by atoms with Crippen molar-refractivity contribution in [2.24, 2.45) is 0 Å². The minimum atomic E-state index is -4.96. The summed E-state index contributed by atoms with van der Waals surface area (Å²) in [7, 11) is 0. The number of rotatable bonds is 8. The first kappa shape index (κ1) is 27.3. The lowest BCUT2D eigenvalue weighted by molar-refractivity contribution is -0.170. The van der Waals surface area contributed by atoms with Gasteiger partial charge in [0.1, 0.15) is 11.5 Å². The average molecular weight is 570 g/mol. The zero-order valence-corrected chi connectivity index (χ0v) is 22.3. The fourth-order valence-corrected chi connectivity index (χ4v) is 5.34. The number of nitrogens with one attached hydrogen (secondary N) is 1. The molecule has 3 fully saturated rings. The van der Waals surface area contributed by atoms with Gasteiger partial charge in [-0.2, -0.15) is 13.2 Å². The molecule has 0 atom stereocenters. The number of hydrogen-bond acceptors (Lipinski definition) is 7. The maximum absolute atomic E-state index is 13.2. The van der Waals surface area contributed by atoms with E-state index in [1.165, 1.54) is 24.3 Å². The van der Waals surface area contributed by atoms with E-state index >= 15 is 0 Å². The van der Waals surface area contributed by atoms with Crippen molar-refractivity contribution >= 4 is 17.5 Å². The highest BCUT2D eigenvalue weighted by molar-refractivity contribution is 5.98. The van der Waals surface area contributed by atoms with Crippen LogP contribution >= 0.6 is 0 Å². The molecule has 1 aromatic heterocycles. The summed E-state index contributed by atoms with van der Waals surface area (Å²) >= 11 is 0. The second-order valence-corrected chi connectivity index (χ2v) is 10.7. The molecule has 9 nitrogen and oxygen atoms in total. The van der Waals surface area contributed by atoms with E-state index in [1.54, 1.807) is 11.0 Å². The van der Waals surface area contributed by atoms with Gasteiger partial charge in [0.15, 0.2) is 0 Å². The van der Waals surface area contributed by atoms with Gasteiger partial charge in [-0.25, -0.2) is 0 Å². The van der Waals surface area contributed by atoms with Crippen LogP contribution in [0, 0.1) is 0 Å². The van der Waals surface area contributed by atoms with E-state index in [1.807, 2.05) is 12.1 Å². The lowest BCUT2D eigenvalue weighted by Crippen LogP contribution is -2.42. The number of benzene rings is 2. The van der Waals surface area contributed by atoms with E-state index in [4.69, 9.17) is 9.15 Å². The van der Waals surface area contributed by atoms with Gasteiger partial charge < -0.3 is 24.3 Å². The van der Waals surface area contributed by atoms with Gasteiger partial charge in [-0.15, -0.1) is 10.2 Å². The van der Waals surface area contributed by atoms with Crippen LogP contribution in [0.4, 0.5) is 18.9 Å². The smallest absolute Gasteiger partial charge is 0.457 e. The second-order valence-electron chi connectivity index (χ2n) is 10.7. The Balaban J connectivity index is 1.26. The number of likely N-dealkylation sites (tertiary alicyclic amines) is 1. The largest absolute Gasteiger partial charge is 0.471 e. The van der Waals surface area contributed by atoms with E-state index in [9.17, 15) is 22.8 Å². The molecular weight excluding hydrogens is 539 g/mol. The van der Waals surface area contributed by atoms with Crippen molar-refractivity contribution in [3.63, 3.8) is 0 Å². The summed E-state index contributed by atoms with van der Waals surface area (Å²) in [5.41, 5.74) is 1.57. The quantitative estimate of drug-likeness (QED) is 0.399. The van der Waals surface area contributed by atoms with Gasteiger partial charge in [-0.1, -0.05) is 6.07 Å². The fraction of sp³-hybridized carbons (Fsp3) is 0.448. The summed E-state index contributed by atoms with van der Waals surface area (Å²) in [6.07, 6.45) is -0.762. The second kappa shape index (κ2) is 11.2. The van der Waals surface area contributed by atoms with Crippen LogP contribution < -0.4 is 15.0 Å². The van der Waals surface area contributed by atoms with Crippen LogP contribution in [0.25, 0.3) is 11.5 Å². The molecule has 2 aromatic carbocycles.